The van der Waals surface area contributed by atoms with Crippen LogP contribution in [0.3, 0.4) is 0 Å². The van der Waals surface area contributed by atoms with E-state index in [1.54, 1.807) is 52.3 Å². The number of nitrogens with zero attached hydrogens (tertiary/aromatic N) is 5. The van der Waals surface area contributed by atoms with Crippen LogP contribution in [-0.4, -0.2) is 43.1 Å². The zero-order valence-corrected chi connectivity index (χ0v) is 24.3. The number of benzene rings is 2. The Morgan fingerprint density at radius 2 is 1.64 bits per heavy atom. The Balaban J connectivity index is 1.24. The van der Waals surface area contributed by atoms with Crippen LogP contribution in [-0.2, 0) is 11.3 Å². The maximum absolute atomic E-state index is 13.7. The van der Waals surface area contributed by atoms with E-state index >= 15 is 0 Å². The second kappa shape index (κ2) is 12.3. The number of halogens is 2. The normalized spacial score (nSPS) is 14.7. The summed E-state index contributed by atoms with van der Waals surface area (Å²) in [6.07, 6.45) is 0.502. The summed E-state index contributed by atoms with van der Waals surface area (Å²) < 4.78 is 29.0. The van der Waals surface area contributed by atoms with E-state index < -0.39 is 5.82 Å². The summed E-state index contributed by atoms with van der Waals surface area (Å²) >= 11 is 4.02. The molecule has 6 rings (SSSR count). The summed E-state index contributed by atoms with van der Waals surface area (Å²) in [6.45, 7) is 0.0723. The van der Waals surface area contributed by atoms with Crippen LogP contribution >= 0.6 is 34.4 Å². The molecule has 0 aliphatic carbocycles. The monoisotopic (exact) mass is 620 g/mol. The number of thioether (sulfide) groups is 1. The predicted octanol–water partition coefficient (Wildman–Crippen LogP) is 6.07. The van der Waals surface area contributed by atoms with Gasteiger partial charge in [-0.3, -0.25) is 14.2 Å². The summed E-state index contributed by atoms with van der Waals surface area (Å²) in [6, 6.07) is 18.9. The molecule has 0 bridgehead atoms. The molecule has 13 heteroatoms. The molecule has 0 saturated carbocycles. The molecule has 1 atom stereocenters. The largest absolute Gasteiger partial charge is 0.344 e. The van der Waals surface area contributed by atoms with Crippen LogP contribution in [0.25, 0.3) is 5.69 Å². The predicted molar refractivity (Wildman–Crippen MR) is 159 cm³/mol. The molecule has 212 valence electrons. The second-order valence-electron chi connectivity index (χ2n) is 9.19. The molecule has 1 N–H and O–H groups in total. The van der Waals surface area contributed by atoms with Crippen molar-refractivity contribution in [3.05, 3.63) is 116 Å². The van der Waals surface area contributed by atoms with Crippen molar-refractivity contribution in [1.29, 1.82) is 0 Å². The van der Waals surface area contributed by atoms with Crippen molar-refractivity contribution >= 4 is 52.0 Å². The Morgan fingerprint density at radius 1 is 0.929 bits per heavy atom. The van der Waals surface area contributed by atoms with Gasteiger partial charge < -0.3 is 5.32 Å². The lowest BCUT2D eigenvalue weighted by molar-refractivity contribution is -0.130. The third kappa shape index (κ3) is 6.03. The first-order valence-corrected chi connectivity index (χ1v) is 15.5. The quantitative estimate of drug-likeness (QED) is 0.202. The number of hydrazone groups is 1. The molecule has 1 unspecified atom stereocenters. The van der Waals surface area contributed by atoms with E-state index in [4.69, 9.17) is 0 Å². The highest BCUT2D eigenvalue weighted by molar-refractivity contribution is 7.99. The number of nitrogens with one attached hydrogen (secondary N) is 1. The Labute approximate surface area is 251 Å². The third-order valence-corrected chi connectivity index (χ3v) is 9.19. The minimum Gasteiger partial charge on any atom is -0.344 e. The summed E-state index contributed by atoms with van der Waals surface area (Å²) in [5, 5.41) is 21.7. The van der Waals surface area contributed by atoms with Crippen molar-refractivity contribution < 1.29 is 18.4 Å². The van der Waals surface area contributed by atoms with Gasteiger partial charge in [0.1, 0.15) is 11.6 Å². The number of aromatic nitrogens is 3. The molecule has 42 heavy (non-hydrogen) atoms. The fourth-order valence-electron chi connectivity index (χ4n) is 4.48. The number of carbonyl (C=O) groups excluding carboxylic acids is 2. The van der Waals surface area contributed by atoms with Gasteiger partial charge in [-0.1, -0.05) is 36.0 Å². The molecule has 1 aliphatic heterocycles. The van der Waals surface area contributed by atoms with E-state index in [1.807, 2.05) is 22.9 Å². The second-order valence-corrected chi connectivity index (χ2v) is 12.0. The standard InChI is InChI=1S/C29H22F2N6O2S3/c30-19-7-5-18(6-8-19)23-15-22(24-3-1-13-40-24)35-37(23)27(38)17-42-29-34-33-26(16-32-28(39)25-4-2-14-41-25)36(29)21-11-9-20(31)10-12-21/h1-14,23H,15-17H2,(H,32,39). The fourth-order valence-corrected chi connectivity index (χ4v) is 6.67. The number of amides is 2. The highest BCUT2D eigenvalue weighted by atomic mass is 32.2. The van der Waals surface area contributed by atoms with Gasteiger partial charge in [0, 0.05) is 12.1 Å². The average Bonchev–Trinajstić information content (AvgIpc) is 3.82. The number of hydrogen-bond donors (Lipinski definition) is 1. The third-order valence-electron chi connectivity index (χ3n) is 6.49. The van der Waals surface area contributed by atoms with Crippen molar-refractivity contribution in [2.45, 2.75) is 24.2 Å². The topological polar surface area (TPSA) is 92.5 Å². The van der Waals surface area contributed by atoms with E-state index in [9.17, 15) is 18.4 Å². The smallest absolute Gasteiger partial charge is 0.261 e. The van der Waals surface area contributed by atoms with Crippen LogP contribution in [0, 0.1) is 11.6 Å². The lowest BCUT2D eigenvalue weighted by atomic mass is 10.0. The molecular weight excluding hydrogens is 599 g/mol. The van der Waals surface area contributed by atoms with E-state index in [-0.39, 0.29) is 36.0 Å². The zero-order chi connectivity index (χ0) is 29.1. The van der Waals surface area contributed by atoms with Crippen LogP contribution in [0.1, 0.15) is 38.4 Å². The maximum atomic E-state index is 13.7. The van der Waals surface area contributed by atoms with Gasteiger partial charge in [0.05, 0.1) is 33.8 Å². The van der Waals surface area contributed by atoms with Gasteiger partial charge in [-0.25, -0.2) is 13.8 Å². The van der Waals surface area contributed by atoms with E-state index in [0.717, 1.165) is 27.9 Å². The lowest BCUT2D eigenvalue weighted by Gasteiger charge is -2.22. The van der Waals surface area contributed by atoms with Gasteiger partial charge in [0.15, 0.2) is 11.0 Å². The van der Waals surface area contributed by atoms with Crippen LogP contribution in [0.4, 0.5) is 8.78 Å². The van der Waals surface area contributed by atoms with Crippen molar-refractivity contribution in [1.82, 2.24) is 25.1 Å². The van der Waals surface area contributed by atoms with Crippen LogP contribution in [0.5, 0.6) is 0 Å². The Kier molecular flexibility index (Phi) is 8.22. The summed E-state index contributed by atoms with van der Waals surface area (Å²) in [5.74, 6) is -0.855. The summed E-state index contributed by atoms with van der Waals surface area (Å²) in [4.78, 5) is 27.6. The van der Waals surface area contributed by atoms with Crippen LogP contribution in [0.2, 0.25) is 0 Å². The Bertz CT molecular complexity index is 1720. The minimum atomic E-state index is -0.399. The summed E-state index contributed by atoms with van der Waals surface area (Å²) in [5.41, 5.74) is 2.15. The molecule has 2 amide bonds. The average molecular weight is 621 g/mol. The van der Waals surface area contributed by atoms with Gasteiger partial charge in [-0.2, -0.15) is 5.10 Å². The van der Waals surface area contributed by atoms with Crippen molar-refractivity contribution in [3.63, 3.8) is 0 Å². The van der Waals surface area contributed by atoms with Gasteiger partial charge in [-0.15, -0.1) is 32.9 Å². The van der Waals surface area contributed by atoms with Gasteiger partial charge in [0.2, 0.25) is 0 Å². The minimum absolute atomic E-state index is 0.0141. The number of hydrogen-bond acceptors (Lipinski definition) is 8. The van der Waals surface area contributed by atoms with Crippen molar-refractivity contribution in [2.24, 2.45) is 5.10 Å². The molecular formula is C29H22F2N6O2S3. The van der Waals surface area contributed by atoms with Crippen molar-refractivity contribution in [3.8, 4) is 5.69 Å². The van der Waals surface area contributed by atoms with Gasteiger partial charge in [0.25, 0.3) is 11.8 Å². The van der Waals surface area contributed by atoms with Gasteiger partial charge in [-0.05, 0) is 64.9 Å². The van der Waals surface area contributed by atoms with E-state index in [1.165, 1.54) is 40.6 Å². The first-order chi connectivity index (χ1) is 20.5. The molecule has 5 aromatic rings. The molecule has 8 nitrogen and oxygen atoms in total. The van der Waals surface area contributed by atoms with E-state index in [2.05, 4.69) is 20.6 Å². The SMILES string of the molecule is O=C(NCc1nnc(SCC(=O)N2N=C(c3cccs3)CC2c2ccc(F)cc2)n1-c1ccc(F)cc1)c1cccs1. The van der Waals surface area contributed by atoms with Crippen LogP contribution < -0.4 is 5.32 Å². The zero-order valence-electron chi connectivity index (χ0n) is 21.8. The van der Waals surface area contributed by atoms with E-state index in [0.29, 0.717) is 28.0 Å². The highest BCUT2D eigenvalue weighted by Crippen LogP contribution is 2.35. The maximum Gasteiger partial charge on any atom is 0.261 e. The fraction of sp³-hybridized carbons (Fsp3) is 0.138. The Hall–Kier alpha value is -4.20. The molecule has 1 aliphatic rings. The molecule has 0 radical (unpaired) electrons. The molecule has 0 spiro atoms. The Morgan fingerprint density at radius 3 is 2.33 bits per heavy atom. The first-order valence-electron chi connectivity index (χ1n) is 12.8. The molecule has 0 saturated heterocycles. The molecule has 2 aromatic carbocycles. The highest BCUT2D eigenvalue weighted by Gasteiger charge is 2.33. The van der Waals surface area contributed by atoms with Gasteiger partial charge >= 0.3 is 0 Å². The lowest BCUT2D eigenvalue weighted by Crippen LogP contribution is -2.28. The van der Waals surface area contributed by atoms with Crippen molar-refractivity contribution in [2.75, 3.05) is 5.75 Å². The first kappa shape index (κ1) is 27.9. The number of carbonyl (C=O) groups is 2. The molecule has 3 aromatic heterocycles. The molecule has 4 heterocycles. The number of thiophene rings is 2. The number of rotatable bonds is 9. The molecule has 0 fully saturated rings. The van der Waals surface area contributed by atoms with Crippen LogP contribution in [0.15, 0.2) is 93.8 Å². The summed E-state index contributed by atoms with van der Waals surface area (Å²) in [7, 11) is 0.